The Morgan fingerprint density at radius 1 is 1.38 bits per heavy atom. The van der Waals surface area contributed by atoms with Gasteiger partial charge in [0.1, 0.15) is 12.4 Å². The molecule has 0 aromatic heterocycles. The van der Waals surface area contributed by atoms with Crippen LogP contribution in [0.1, 0.15) is 25.0 Å². The van der Waals surface area contributed by atoms with Crippen LogP contribution in [0.5, 0.6) is 5.75 Å². The van der Waals surface area contributed by atoms with E-state index in [0.717, 1.165) is 18.8 Å². The van der Waals surface area contributed by atoms with Gasteiger partial charge in [-0.15, -0.1) is 0 Å². The molecular formula is C14H21NO. The third-order valence-electron chi connectivity index (χ3n) is 2.35. The molecule has 0 saturated carbocycles. The number of hydrogen-bond donors (Lipinski definition) is 1. The molecule has 0 amide bonds. The van der Waals surface area contributed by atoms with Gasteiger partial charge in [-0.3, -0.25) is 0 Å². The van der Waals surface area contributed by atoms with E-state index in [1.165, 1.54) is 11.1 Å². The Hall–Kier alpha value is -1.28. The Bertz CT molecular complexity index is 345. The minimum atomic E-state index is 0.638. The van der Waals surface area contributed by atoms with Gasteiger partial charge in [0.05, 0.1) is 0 Å². The lowest BCUT2D eigenvalue weighted by Gasteiger charge is -2.11. The van der Waals surface area contributed by atoms with Crippen LogP contribution in [0.2, 0.25) is 0 Å². The molecule has 1 aromatic carbocycles. The number of rotatable bonds is 6. The van der Waals surface area contributed by atoms with Crippen molar-refractivity contribution in [2.24, 2.45) is 0 Å². The Balaban J connectivity index is 2.72. The summed E-state index contributed by atoms with van der Waals surface area (Å²) in [6.07, 6.45) is 4.01. The summed E-state index contributed by atoms with van der Waals surface area (Å²) in [4.78, 5) is 0. The van der Waals surface area contributed by atoms with Crippen molar-refractivity contribution >= 4 is 0 Å². The smallest absolute Gasteiger partial charge is 0.124 e. The summed E-state index contributed by atoms with van der Waals surface area (Å²) >= 11 is 0. The normalized spacial score (nSPS) is 10.9. The van der Waals surface area contributed by atoms with E-state index in [1.807, 2.05) is 25.1 Å². The van der Waals surface area contributed by atoms with Gasteiger partial charge in [-0.2, -0.15) is 0 Å². The summed E-state index contributed by atoms with van der Waals surface area (Å²) in [6, 6.07) is 6.31. The van der Waals surface area contributed by atoms with Crippen LogP contribution < -0.4 is 10.1 Å². The lowest BCUT2D eigenvalue weighted by molar-refractivity contribution is 0.357. The van der Waals surface area contributed by atoms with Crippen molar-refractivity contribution in [2.45, 2.75) is 27.3 Å². The zero-order valence-corrected chi connectivity index (χ0v) is 10.4. The third-order valence-corrected chi connectivity index (χ3v) is 2.35. The minimum Gasteiger partial charge on any atom is -0.489 e. The molecule has 0 saturated heterocycles. The molecule has 0 aliphatic carbocycles. The van der Waals surface area contributed by atoms with Crippen molar-refractivity contribution in [1.82, 2.24) is 5.32 Å². The molecule has 0 bridgehead atoms. The maximum Gasteiger partial charge on any atom is 0.124 e. The third kappa shape index (κ3) is 4.07. The second kappa shape index (κ2) is 7.07. The van der Waals surface area contributed by atoms with Gasteiger partial charge in [-0.05, 0) is 26.5 Å². The fraction of sp³-hybridized carbons (Fsp3) is 0.429. The predicted octanol–water partition coefficient (Wildman–Crippen LogP) is 3.06. The Morgan fingerprint density at radius 3 is 2.88 bits per heavy atom. The van der Waals surface area contributed by atoms with Gasteiger partial charge in [-0.1, -0.05) is 36.8 Å². The fourth-order valence-corrected chi connectivity index (χ4v) is 1.48. The summed E-state index contributed by atoms with van der Waals surface area (Å²) in [6.45, 7) is 8.68. The molecule has 0 aliphatic heterocycles. The first-order valence-corrected chi connectivity index (χ1v) is 5.82. The molecule has 2 nitrogen and oxygen atoms in total. The van der Waals surface area contributed by atoms with Gasteiger partial charge in [0.2, 0.25) is 0 Å². The maximum atomic E-state index is 5.70. The molecule has 0 fully saturated rings. The van der Waals surface area contributed by atoms with Crippen molar-refractivity contribution < 1.29 is 4.74 Å². The zero-order chi connectivity index (χ0) is 11.8. The first-order chi connectivity index (χ1) is 7.77. The van der Waals surface area contributed by atoms with Gasteiger partial charge in [0.15, 0.2) is 0 Å². The molecule has 1 rings (SSSR count). The van der Waals surface area contributed by atoms with E-state index in [1.54, 1.807) is 0 Å². The monoisotopic (exact) mass is 219 g/mol. The summed E-state index contributed by atoms with van der Waals surface area (Å²) in [5, 5.41) is 3.32. The summed E-state index contributed by atoms with van der Waals surface area (Å²) in [5.41, 5.74) is 2.50. The van der Waals surface area contributed by atoms with Crippen LogP contribution in [0.15, 0.2) is 30.4 Å². The SMILES string of the molecule is CC=CCOc1ccc(C)cc1CNCC. The molecule has 0 spiro atoms. The van der Waals surface area contributed by atoms with Crippen LogP contribution in [0, 0.1) is 6.92 Å². The van der Waals surface area contributed by atoms with E-state index in [9.17, 15) is 0 Å². The maximum absolute atomic E-state index is 5.70. The van der Waals surface area contributed by atoms with Gasteiger partial charge in [0.25, 0.3) is 0 Å². The summed E-state index contributed by atoms with van der Waals surface area (Å²) < 4.78 is 5.70. The highest BCUT2D eigenvalue weighted by Gasteiger charge is 2.02. The van der Waals surface area contributed by atoms with Gasteiger partial charge in [0, 0.05) is 12.1 Å². The zero-order valence-electron chi connectivity index (χ0n) is 10.4. The van der Waals surface area contributed by atoms with Crippen molar-refractivity contribution in [3.63, 3.8) is 0 Å². The van der Waals surface area contributed by atoms with E-state index < -0.39 is 0 Å². The molecule has 0 unspecified atom stereocenters. The Morgan fingerprint density at radius 2 is 2.19 bits per heavy atom. The Labute approximate surface area is 98.3 Å². The Kier molecular flexibility index (Phi) is 5.65. The van der Waals surface area contributed by atoms with Crippen molar-refractivity contribution in [3.8, 4) is 5.75 Å². The highest BCUT2D eigenvalue weighted by Crippen LogP contribution is 2.19. The molecule has 1 N–H and O–H groups in total. The first-order valence-electron chi connectivity index (χ1n) is 5.82. The van der Waals surface area contributed by atoms with E-state index in [4.69, 9.17) is 4.74 Å². The molecule has 1 aromatic rings. The van der Waals surface area contributed by atoms with Gasteiger partial charge in [-0.25, -0.2) is 0 Å². The van der Waals surface area contributed by atoms with Crippen LogP contribution in [0.3, 0.4) is 0 Å². The summed E-state index contributed by atoms with van der Waals surface area (Å²) in [5.74, 6) is 0.977. The number of nitrogens with one attached hydrogen (secondary N) is 1. The standard InChI is InChI=1S/C14H21NO/c1-4-6-9-16-14-8-7-12(3)10-13(14)11-15-5-2/h4,6-8,10,15H,5,9,11H2,1-3H3. The number of aryl methyl sites for hydroxylation is 1. The molecular weight excluding hydrogens is 198 g/mol. The molecule has 88 valence electrons. The number of allylic oxidation sites excluding steroid dienone is 1. The molecule has 2 heteroatoms. The largest absolute Gasteiger partial charge is 0.489 e. The molecule has 0 aliphatic rings. The molecule has 0 atom stereocenters. The van der Waals surface area contributed by atoms with Crippen LogP contribution in [0.25, 0.3) is 0 Å². The van der Waals surface area contributed by atoms with Crippen molar-refractivity contribution in [1.29, 1.82) is 0 Å². The van der Waals surface area contributed by atoms with E-state index in [2.05, 4.69) is 31.3 Å². The highest BCUT2D eigenvalue weighted by molar-refractivity contribution is 5.37. The predicted molar refractivity (Wildman–Crippen MR) is 68.9 cm³/mol. The quantitative estimate of drug-likeness (QED) is 0.742. The van der Waals surface area contributed by atoms with E-state index in [0.29, 0.717) is 6.61 Å². The average molecular weight is 219 g/mol. The lowest BCUT2D eigenvalue weighted by Crippen LogP contribution is -2.13. The molecule has 0 radical (unpaired) electrons. The number of benzene rings is 1. The van der Waals surface area contributed by atoms with E-state index in [-0.39, 0.29) is 0 Å². The fourth-order valence-electron chi connectivity index (χ4n) is 1.48. The number of hydrogen-bond acceptors (Lipinski definition) is 2. The second-order valence-electron chi connectivity index (χ2n) is 3.77. The molecule has 0 heterocycles. The summed E-state index contributed by atoms with van der Waals surface area (Å²) in [7, 11) is 0. The highest BCUT2D eigenvalue weighted by atomic mass is 16.5. The van der Waals surface area contributed by atoms with Gasteiger partial charge >= 0.3 is 0 Å². The average Bonchev–Trinajstić information content (AvgIpc) is 2.29. The molecule has 16 heavy (non-hydrogen) atoms. The van der Waals surface area contributed by atoms with Crippen LogP contribution in [0.4, 0.5) is 0 Å². The van der Waals surface area contributed by atoms with Crippen molar-refractivity contribution in [3.05, 3.63) is 41.5 Å². The van der Waals surface area contributed by atoms with Gasteiger partial charge < -0.3 is 10.1 Å². The van der Waals surface area contributed by atoms with Crippen LogP contribution in [-0.4, -0.2) is 13.2 Å². The first kappa shape index (κ1) is 12.8. The second-order valence-corrected chi connectivity index (χ2v) is 3.77. The topological polar surface area (TPSA) is 21.3 Å². The van der Waals surface area contributed by atoms with Crippen molar-refractivity contribution in [2.75, 3.05) is 13.2 Å². The number of ether oxygens (including phenoxy) is 1. The van der Waals surface area contributed by atoms with Crippen LogP contribution >= 0.6 is 0 Å². The van der Waals surface area contributed by atoms with E-state index >= 15 is 0 Å². The van der Waals surface area contributed by atoms with Crippen LogP contribution in [-0.2, 0) is 6.54 Å². The minimum absolute atomic E-state index is 0.638. The lowest BCUT2D eigenvalue weighted by atomic mass is 10.1.